The van der Waals surface area contributed by atoms with E-state index in [-0.39, 0.29) is 0 Å². The molecule has 0 aliphatic rings. The lowest BCUT2D eigenvalue weighted by Gasteiger charge is -2.00. The minimum absolute atomic E-state index is 0.723. The zero-order valence-electron chi connectivity index (χ0n) is 10.4. The first-order chi connectivity index (χ1) is 8.70. The molecular formula is C13H15ClN4. The van der Waals surface area contributed by atoms with E-state index in [1.807, 2.05) is 32.3 Å². The van der Waals surface area contributed by atoms with Crippen molar-refractivity contribution < 1.29 is 0 Å². The zero-order valence-corrected chi connectivity index (χ0v) is 11.2. The van der Waals surface area contributed by atoms with Crippen molar-refractivity contribution in [2.75, 3.05) is 13.6 Å². The van der Waals surface area contributed by atoms with Crippen LogP contribution in [-0.2, 0) is 13.5 Å². The van der Waals surface area contributed by atoms with Crippen molar-refractivity contribution >= 4 is 28.4 Å². The molecule has 3 rings (SSSR count). The van der Waals surface area contributed by atoms with Crippen molar-refractivity contribution in [1.82, 2.24) is 19.3 Å². The van der Waals surface area contributed by atoms with Crippen LogP contribution in [0.25, 0.3) is 16.8 Å². The molecule has 0 radical (unpaired) electrons. The Morgan fingerprint density at radius 1 is 1.39 bits per heavy atom. The first-order valence-corrected chi connectivity index (χ1v) is 6.35. The molecule has 0 fully saturated rings. The molecule has 0 bridgehead atoms. The Bertz CT molecular complexity index is 710. The van der Waals surface area contributed by atoms with Crippen molar-refractivity contribution in [3.05, 3.63) is 35.1 Å². The quantitative estimate of drug-likeness (QED) is 0.786. The van der Waals surface area contributed by atoms with Crippen molar-refractivity contribution in [3.63, 3.8) is 0 Å². The maximum atomic E-state index is 5.99. The summed E-state index contributed by atoms with van der Waals surface area (Å²) in [5.41, 5.74) is 3.30. The summed E-state index contributed by atoms with van der Waals surface area (Å²) in [6.07, 6.45) is 3.14. The SMILES string of the molecule is CNCCc1cn2c3ccc(Cl)cc3nc2n1C. The van der Waals surface area contributed by atoms with Gasteiger partial charge in [0.2, 0.25) is 5.78 Å². The lowest BCUT2D eigenvalue weighted by molar-refractivity contribution is 0.744. The van der Waals surface area contributed by atoms with Gasteiger partial charge in [0.1, 0.15) is 0 Å². The molecule has 0 saturated carbocycles. The van der Waals surface area contributed by atoms with Crippen LogP contribution < -0.4 is 5.32 Å². The molecule has 3 aromatic rings. The van der Waals surface area contributed by atoms with Gasteiger partial charge in [0.25, 0.3) is 0 Å². The second-order valence-electron chi connectivity index (χ2n) is 4.45. The Balaban J connectivity index is 2.19. The predicted octanol–water partition coefficient (Wildman–Crippen LogP) is 2.24. The van der Waals surface area contributed by atoms with E-state index in [4.69, 9.17) is 11.6 Å². The minimum atomic E-state index is 0.723. The second kappa shape index (κ2) is 4.30. The molecule has 94 valence electrons. The van der Waals surface area contributed by atoms with Crippen molar-refractivity contribution in [1.29, 1.82) is 0 Å². The molecule has 2 heterocycles. The number of nitrogens with zero attached hydrogens (tertiary/aromatic N) is 3. The number of likely N-dealkylation sites (N-methyl/N-ethyl adjacent to an activating group) is 1. The first kappa shape index (κ1) is 11.6. The number of halogens is 1. The van der Waals surface area contributed by atoms with Gasteiger partial charge >= 0.3 is 0 Å². The molecule has 2 aromatic heterocycles. The topological polar surface area (TPSA) is 34.3 Å². The van der Waals surface area contributed by atoms with E-state index in [9.17, 15) is 0 Å². The third-order valence-corrected chi connectivity index (χ3v) is 3.51. The molecule has 0 unspecified atom stereocenters. The Kier molecular flexibility index (Phi) is 2.76. The van der Waals surface area contributed by atoms with Gasteiger partial charge in [-0.25, -0.2) is 4.98 Å². The number of hydrogen-bond donors (Lipinski definition) is 1. The Morgan fingerprint density at radius 3 is 3.00 bits per heavy atom. The van der Waals surface area contributed by atoms with Crippen LogP contribution in [0.4, 0.5) is 0 Å². The van der Waals surface area contributed by atoms with Gasteiger partial charge in [0, 0.05) is 36.9 Å². The molecular weight excluding hydrogens is 248 g/mol. The van der Waals surface area contributed by atoms with Crippen LogP contribution in [0.2, 0.25) is 5.02 Å². The van der Waals surface area contributed by atoms with Crippen molar-refractivity contribution in [2.24, 2.45) is 7.05 Å². The van der Waals surface area contributed by atoms with Gasteiger partial charge in [0.05, 0.1) is 11.0 Å². The van der Waals surface area contributed by atoms with Crippen molar-refractivity contribution in [2.45, 2.75) is 6.42 Å². The zero-order chi connectivity index (χ0) is 12.7. The van der Waals surface area contributed by atoms with Gasteiger partial charge in [-0.15, -0.1) is 0 Å². The summed E-state index contributed by atoms with van der Waals surface area (Å²) < 4.78 is 4.25. The van der Waals surface area contributed by atoms with Gasteiger partial charge < -0.3 is 9.88 Å². The van der Waals surface area contributed by atoms with Gasteiger partial charge in [0.15, 0.2) is 0 Å². The van der Waals surface area contributed by atoms with Crippen LogP contribution >= 0.6 is 11.6 Å². The standard InChI is InChI=1S/C13H15ClN4/c1-15-6-5-10-8-18-12-4-3-9(14)7-11(12)16-13(18)17(10)2/h3-4,7-8,15H,5-6H2,1-2H3. The fraction of sp³-hybridized carbons (Fsp3) is 0.308. The molecule has 0 aliphatic heterocycles. The van der Waals surface area contributed by atoms with Crippen LogP contribution in [0.1, 0.15) is 5.69 Å². The number of imidazole rings is 2. The molecule has 0 amide bonds. The lowest BCUT2D eigenvalue weighted by atomic mass is 10.3. The summed E-state index contributed by atoms with van der Waals surface area (Å²) in [5, 5.41) is 3.89. The third kappa shape index (κ3) is 1.69. The minimum Gasteiger partial charge on any atom is -0.319 e. The first-order valence-electron chi connectivity index (χ1n) is 5.97. The van der Waals surface area contributed by atoms with Gasteiger partial charge in [-0.1, -0.05) is 11.6 Å². The average molecular weight is 263 g/mol. The van der Waals surface area contributed by atoms with E-state index in [1.54, 1.807) is 0 Å². The average Bonchev–Trinajstić information content (AvgIpc) is 2.84. The largest absolute Gasteiger partial charge is 0.319 e. The Hall–Kier alpha value is -1.52. The third-order valence-electron chi connectivity index (χ3n) is 3.27. The molecule has 1 aromatic carbocycles. The smallest absolute Gasteiger partial charge is 0.214 e. The Labute approximate surface area is 110 Å². The monoisotopic (exact) mass is 262 g/mol. The number of nitrogens with one attached hydrogen (secondary N) is 1. The normalized spacial score (nSPS) is 11.7. The van der Waals surface area contributed by atoms with Gasteiger partial charge in [-0.3, -0.25) is 4.40 Å². The summed E-state index contributed by atoms with van der Waals surface area (Å²) in [5.74, 6) is 0.957. The maximum absolute atomic E-state index is 5.99. The summed E-state index contributed by atoms with van der Waals surface area (Å²) in [4.78, 5) is 4.63. The molecule has 0 aliphatic carbocycles. The number of rotatable bonds is 3. The van der Waals surface area contributed by atoms with Crippen LogP contribution in [0.15, 0.2) is 24.4 Å². The van der Waals surface area contributed by atoms with E-state index in [0.29, 0.717) is 0 Å². The molecule has 0 saturated heterocycles. The summed E-state index contributed by atoms with van der Waals surface area (Å²) >= 11 is 5.99. The van der Waals surface area contributed by atoms with Crippen LogP contribution in [0, 0.1) is 0 Å². The lowest BCUT2D eigenvalue weighted by Crippen LogP contribution is -2.12. The molecule has 5 heteroatoms. The highest BCUT2D eigenvalue weighted by atomic mass is 35.5. The number of fused-ring (bicyclic) bond motifs is 3. The number of hydrogen-bond acceptors (Lipinski definition) is 2. The summed E-state index contributed by atoms with van der Waals surface area (Å²) in [6.45, 7) is 0.963. The van der Waals surface area contributed by atoms with Gasteiger partial charge in [-0.05, 0) is 25.2 Å². The summed E-state index contributed by atoms with van der Waals surface area (Å²) in [7, 11) is 4.01. The fourth-order valence-corrected chi connectivity index (χ4v) is 2.44. The van der Waals surface area contributed by atoms with E-state index < -0.39 is 0 Å². The number of aromatic nitrogens is 3. The van der Waals surface area contributed by atoms with Gasteiger partial charge in [-0.2, -0.15) is 0 Å². The fourth-order valence-electron chi connectivity index (χ4n) is 2.27. The number of aryl methyl sites for hydroxylation is 1. The van der Waals surface area contributed by atoms with Crippen LogP contribution in [0.3, 0.4) is 0 Å². The Morgan fingerprint density at radius 2 is 2.22 bits per heavy atom. The highest BCUT2D eigenvalue weighted by Gasteiger charge is 2.11. The van der Waals surface area contributed by atoms with Crippen LogP contribution in [0.5, 0.6) is 0 Å². The van der Waals surface area contributed by atoms with Crippen LogP contribution in [-0.4, -0.2) is 27.5 Å². The molecule has 18 heavy (non-hydrogen) atoms. The molecule has 1 N–H and O–H groups in total. The molecule has 0 spiro atoms. The highest BCUT2D eigenvalue weighted by Crippen LogP contribution is 2.22. The predicted molar refractivity (Wildman–Crippen MR) is 74.3 cm³/mol. The van der Waals surface area contributed by atoms with Crippen molar-refractivity contribution in [3.8, 4) is 0 Å². The molecule has 4 nitrogen and oxygen atoms in total. The maximum Gasteiger partial charge on any atom is 0.214 e. The molecule has 0 atom stereocenters. The van der Waals surface area contributed by atoms with E-state index in [2.05, 4.69) is 25.5 Å². The number of benzene rings is 1. The second-order valence-corrected chi connectivity index (χ2v) is 4.88. The van der Waals surface area contributed by atoms with E-state index in [0.717, 1.165) is 34.8 Å². The van der Waals surface area contributed by atoms with E-state index >= 15 is 0 Å². The highest BCUT2D eigenvalue weighted by molar-refractivity contribution is 6.31. The van der Waals surface area contributed by atoms with E-state index in [1.165, 1.54) is 5.69 Å². The summed E-state index contributed by atoms with van der Waals surface area (Å²) in [6, 6.07) is 5.81.